The molecule has 1 aromatic heterocycles. The van der Waals surface area contributed by atoms with Gasteiger partial charge in [0.2, 0.25) is 5.89 Å². The Morgan fingerprint density at radius 1 is 1.18 bits per heavy atom. The van der Waals surface area contributed by atoms with Crippen molar-refractivity contribution in [2.24, 2.45) is 0 Å². The first-order valence-corrected chi connectivity index (χ1v) is 5.39. The van der Waals surface area contributed by atoms with E-state index in [-0.39, 0.29) is 13.2 Å². The minimum atomic E-state index is 0.000449. The Hall–Kier alpha value is -1.88. The zero-order valence-electron chi connectivity index (χ0n) is 9.59. The fraction of sp³-hybridized carbons (Fsp3) is 0.333. The maximum atomic E-state index is 8.70. The molecule has 2 aromatic rings. The van der Waals surface area contributed by atoms with Crippen LogP contribution in [0.5, 0.6) is 5.75 Å². The third-order valence-electron chi connectivity index (χ3n) is 2.22. The Labute approximate surface area is 99.1 Å². The summed E-state index contributed by atoms with van der Waals surface area (Å²) in [7, 11) is 0. The average Bonchev–Trinajstić information content (AvgIpc) is 2.77. The van der Waals surface area contributed by atoms with Gasteiger partial charge in [-0.15, -0.1) is 10.2 Å². The number of aromatic nitrogens is 2. The molecule has 0 amide bonds. The predicted octanol–water partition coefficient (Wildman–Crippen LogP) is 1.49. The Bertz CT molecular complexity index is 465. The van der Waals surface area contributed by atoms with E-state index in [9.17, 15) is 0 Å². The lowest BCUT2D eigenvalue weighted by Gasteiger charge is -2.02. The number of rotatable bonds is 5. The average molecular weight is 234 g/mol. The van der Waals surface area contributed by atoms with Gasteiger partial charge in [0.15, 0.2) is 6.61 Å². The first kappa shape index (κ1) is 11.6. The van der Waals surface area contributed by atoms with Gasteiger partial charge in [0.25, 0.3) is 5.89 Å². The van der Waals surface area contributed by atoms with Gasteiger partial charge in [-0.05, 0) is 19.1 Å². The zero-order chi connectivity index (χ0) is 12.1. The number of aliphatic hydroxyl groups excluding tert-OH is 1. The summed E-state index contributed by atoms with van der Waals surface area (Å²) < 4.78 is 10.7. The molecule has 0 saturated carbocycles. The molecule has 0 aliphatic heterocycles. The number of hydrogen-bond acceptors (Lipinski definition) is 5. The summed E-state index contributed by atoms with van der Waals surface area (Å²) in [6.45, 7) is 2.25. The normalized spacial score (nSPS) is 10.5. The van der Waals surface area contributed by atoms with Gasteiger partial charge in [-0.3, -0.25) is 0 Å². The highest BCUT2D eigenvalue weighted by Crippen LogP contribution is 2.13. The zero-order valence-corrected chi connectivity index (χ0v) is 9.59. The van der Waals surface area contributed by atoms with Crippen LogP contribution in [0, 0.1) is 6.92 Å². The smallest absolute Gasteiger partial charge is 0.253 e. The third-order valence-corrected chi connectivity index (χ3v) is 2.22. The van der Waals surface area contributed by atoms with Crippen LogP contribution in [0.25, 0.3) is 0 Å². The van der Waals surface area contributed by atoms with Crippen molar-refractivity contribution >= 4 is 0 Å². The van der Waals surface area contributed by atoms with Crippen LogP contribution in [0.15, 0.2) is 28.7 Å². The third kappa shape index (κ3) is 3.29. The summed E-state index contributed by atoms with van der Waals surface area (Å²) in [4.78, 5) is 0. The number of aliphatic hydroxyl groups is 1. The summed E-state index contributed by atoms with van der Waals surface area (Å²) in [5, 5.41) is 16.3. The van der Waals surface area contributed by atoms with Crippen molar-refractivity contribution in [1.29, 1.82) is 0 Å². The van der Waals surface area contributed by atoms with Crippen LogP contribution >= 0.6 is 0 Å². The molecule has 0 radical (unpaired) electrons. The number of nitrogens with zero attached hydrogens (tertiary/aromatic N) is 2. The molecule has 1 heterocycles. The van der Waals surface area contributed by atoms with E-state index in [1.807, 2.05) is 31.2 Å². The quantitative estimate of drug-likeness (QED) is 0.848. The number of hydrogen-bond donors (Lipinski definition) is 1. The standard InChI is InChI=1S/C12H14N2O3/c1-9-2-4-10(5-3-9)16-8-12-14-13-11(17-12)6-7-15/h2-5,15H,6-8H2,1H3. The molecule has 0 aliphatic carbocycles. The topological polar surface area (TPSA) is 68.4 Å². The number of ether oxygens (including phenoxy) is 1. The molecule has 0 unspecified atom stereocenters. The highest BCUT2D eigenvalue weighted by atomic mass is 16.5. The van der Waals surface area contributed by atoms with Crippen LogP contribution in [-0.2, 0) is 13.0 Å². The van der Waals surface area contributed by atoms with E-state index in [0.717, 1.165) is 5.75 Å². The fourth-order valence-corrected chi connectivity index (χ4v) is 1.32. The first-order chi connectivity index (χ1) is 8.28. The summed E-state index contributed by atoms with van der Waals surface area (Å²) >= 11 is 0. The lowest BCUT2D eigenvalue weighted by Crippen LogP contribution is -1.95. The van der Waals surface area contributed by atoms with Gasteiger partial charge in [-0.1, -0.05) is 17.7 Å². The van der Waals surface area contributed by atoms with E-state index < -0.39 is 0 Å². The fourth-order valence-electron chi connectivity index (χ4n) is 1.32. The Morgan fingerprint density at radius 2 is 1.88 bits per heavy atom. The molecule has 17 heavy (non-hydrogen) atoms. The molecule has 0 spiro atoms. The molecule has 0 saturated heterocycles. The molecule has 0 fully saturated rings. The summed E-state index contributed by atoms with van der Waals surface area (Å²) in [6, 6.07) is 7.72. The maximum absolute atomic E-state index is 8.70. The molecule has 2 rings (SSSR count). The van der Waals surface area contributed by atoms with Gasteiger partial charge in [0, 0.05) is 6.42 Å². The largest absolute Gasteiger partial charge is 0.484 e. The van der Waals surface area contributed by atoms with Crippen LogP contribution in [-0.4, -0.2) is 21.9 Å². The summed E-state index contributed by atoms with van der Waals surface area (Å²) in [5.74, 6) is 1.60. The highest BCUT2D eigenvalue weighted by molar-refractivity contribution is 5.26. The number of aryl methyl sites for hydroxylation is 1. The van der Waals surface area contributed by atoms with Crippen LogP contribution in [0.2, 0.25) is 0 Å². The van der Waals surface area contributed by atoms with E-state index in [1.165, 1.54) is 5.56 Å². The van der Waals surface area contributed by atoms with Crippen molar-refractivity contribution in [1.82, 2.24) is 10.2 Å². The second-order valence-electron chi connectivity index (χ2n) is 3.66. The SMILES string of the molecule is Cc1ccc(OCc2nnc(CCO)o2)cc1. The van der Waals surface area contributed by atoms with Crippen LogP contribution in [0.1, 0.15) is 17.3 Å². The molecule has 0 bridgehead atoms. The van der Waals surface area contributed by atoms with Gasteiger partial charge < -0.3 is 14.3 Å². The van der Waals surface area contributed by atoms with Crippen molar-refractivity contribution in [2.45, 2.75) is 20.0 Å². The first-order valence-electron chi connectivity index (χ1n) is 5.39. The highest BCUT2D eigenvalue weighted by Gasteiger charge is 2.05. The van der Waals surface area contributed by atoms with Crippen molar-refractivity contribution in [3.8, 4) is 5.75 Å². The van der Waals surface area contributed by atoms with Crippen LogP contribution < -0.4 is 4.74 Å². The Balaban J connectivity index is 1.90. The van der Waals surface area contributed by atoms with Crippen molar-refractivity contribution < 1.29 is 14.3 Å². The molecule has 0 atom stereocenters. The van der Waals surface area contributed by atoms with E-state index in [4.69, 9.17) is 14.3 Å². The lowest BCUT2D eigenvalue weighted by atomic mass is 10.2. The van der Waals surface area contributed by atoms with Crippen LogP contribution in [0.3, 0.4) is 0 Å². The van der Waals surface area contributed by atoms with E-state index in [1.54, 1.807) is 0 Å². The Morgan fingerprint density at radius 3 is 2.59 bits per heavy atom. The van der Waals surface area contributed by atoms with Crippen LogP contribution in [0.4, 0.5) is 0 Å². The minimum Gasteiger partial charge on any atom is -0.484 e. The second-order valence-corrected chi connectivity index (χ2v) is 3.66. The molecule has 5 nitrogen and oxygen atoms in total. The molecular weight excluding hydrogens is 220 g/mol. The minimum absolute atomic E-state index is 0.000449. The van der Waals surface area contributed by atoms with Gasteiger partial charge in [0.1, 0.15) is 5.75 Å². The van der Waals surface area contributed by atoms with E-state index >= 15 is 0 Å². The molecular formula is C12H14N2O3. The van der Waals surface area contributed by atoms with E-state index in [2.05, 4.69) is 10.2 Å². The Kier molecular flexibility index (Phi) is 3.72. The predicted molar refractivity (Wildman–Crippen MR) is 60.6 cm³/mol. The van der Waals surface area contributed by atoms with Gasteiger partial charge >= 0.3 is 0 Å². The lowest BCUT2D eigenvalue weighted by molar-refractivity contribution is 0.250. The van der Waals surface area contributed by atoms with Gasteiger partial charge in [0.05, 0.1) is 6.61 Å². The van der Waals surface area contributed by atoms with Gasteiger partial charge in [-0.25, -0.2) is 0 Å². The summed E-state index contributed by atoms with van der Waals surface area (Å²) in [5.41, 5.74) is 1.18. The monoisotopic (exact) mass is 234 g/mol. The molecule has 5 heteroatoms. The molecule has 0 aliphatic rings. The van der Waals surface area contributed by atoms with Crippen molar-refractivity contribution in [2.75, 3.05) is 6.61 Å². The maximum Gasteiger partial charge on any atom is 0.253 e. The van der Waals surface area contributed by atoms with E-state index in [0.29, 0.717) is 18.2 Å². The second kappa shape index (κ2) is 5.45. The molecule has 90 valence electrons. The van der Waals surface area contributed by atoms with Gasteiger partial charge in [-0.2, -0.15) is 0 Å². The summed E-state index contributed by atoms with van der Waals surface area (Å²) in [6.07, 6.45) is 0.373. The number of benzene rings is 1. The van der Waals surface area contributed by atoms with Crippen molar-refractivity contribution in [3.05, 3.63) is 41.6 Å². The molecule has 1 aromatic carbocycles. The molecule has 1 N–H and O–H groups in total. The van der Waals surface area contributed by atoms with Crippen molar-refractivity contribution in [3.63, 3.8) is 0 Å².